The number of imide groups is 1. The molecule has 1 aromatic rings. The summed E-state index contributed by atoms with van der Waals surface area (Å²) in [7, 11) is 0. The average Bonchev–Trinajstić information content (AvgIpc) is 2.69. The molecule has 1 heterocycles. The highest BCUT2D eigenvalue weighted by molar-refractivity contribution is 6.30. The van der Waals surface area contributed by atoms with Gasteiger partial charge in [0.15, 0.2) is 0 Å². The number of fused-ring (bicyclic) bond motifs is 1. The molecule has 2 amide bonds. The molecule has 1 aromatic carbocycles. The summed E-state index contributed by atoms with van der Waals surface area (Å²) in [5.41, 5.74) is 0.559. The third-order valence-corrected chi connectivity index (χ3v) is 3.93. The second kappa shape index (κ2) is 5.16. The summed E-state index contributed by atoms with van der Waals surface area (Å²) in [6, 6.07) is 8.58. The molecule has 0 spiro atoms. The lowest BCUT2D eigenvalue weighted by Crippen LogP contribution is -2.30. The molecule has 1 aliphatic carbocycles. The van der Waals surface area contributed by atoms with Crippen molar-refractivity contribution < 1.29 is 19.5 Å². The fourth-order valence-electron chi connectivity index (χ4n) is 2.90. The Morgan fingerprint density at radius 2 is 1.76 bits per heavy atom. The van der Waals surface area contributed by atoms with Gasteiger partial charge in [0.25, 0.3) is 5.91 Å². The zero-order valence-corrected chi connectivity index (χ0v) is 11.4. The Hall–Kier alpha value is -2.43. The number of para-hydroxylation sites is 1. The number of benzene rings is 1. The van der Waals surface area contributed by atoms with Crippen molar-refractivity contribution in [2.24, 2.45) is 5.92 Å². The summed E-state index contributed by atoms with van der Waals surface area (Å²) in [6.45, 7) is 0. The lowest BCUT2D eigenvalue weighted by Gasteiger charge is -2.14. The average molecular weight is 285 g/mol. The number of anilines is 1. The van der Waals surface area contributed by atoms with Gasteiger partial charge in [-0.25, -0.2) is 4.90 Å². The third kappa shape index (κ3) is 2.24. The van der Waals surface area contributed by atoms with Gasteiger partial charge in [-0.2, -0.15) is 0 Å². The molecule has 0 radical (unpaired) electrons. The molecule has 1 unspecified atom stereocenters. The Labute approximate surface area is 121 Å². The first-order valence-corrected chi connectivity index (χ1v) is 6.96. The Kier molecular flexibility index (Phi) is 3.33. The number of rotatable bonds is 1. The van der Waals surface area contributed by atoms with Crippen LogP contribution in [0.1, 0.15) is 25.7 Å². The Bertz CT molecular complexity index is 648. The van der Waals surface area contributed by atoms with Crippen LogP contribution in [0, 0.1) is 5.92 Å². The Balaban J connectivity index is 2.07. The van der Waals surface area contributed by atoms with Crippen molar-refractivity contribution in [3.05, 3.63) is 41.7 Å². The molecule has 0 bridgehead atoms. The highest BCUT2D eigenvalue weighted by atomic mass is 16.3. The van der Waals surface area contributed by atoms with Gasteiger partial charge in [0.1, 0.15) is 11.5 Å². The molecule has 1 saturated heterocycles. The predicted molar refractivity (Wildman–Crippen MR) is 75.6 cm³/mol. The van der Waals surface area contributed by atoms with E-state index >= 15 is 0 Å². The van der Waals surface area contributed by atoms with Crippen molar-refractivity contribution in [3.63, 3.8) is 0 Å². The van der Waals surface area contributed by atoms with Crippen molar-refractivity contribution >= 4 is 23.3 Å². The Morgan fingerprint density at radius 3 is 2.48 bits per heavy atom. The highest BCUT2D eigenvalue weighted by Gasteiger charge is 2.47. The van der Waals surface area contributed by atoms with Crippen LogP contribution < -0.4 is 4.90 Å². The van der Waals surface area contributed by atoms with Crippen LogP contribution in [0.25, 0.3) is 0 Å². The summed E-state index contributed by atoms with van der Waals surface area (Å²) in [4.78, 5) is 37.9. The van der Waals surface area contributed by atoms with Crippen LogP contribution in [-0.4, -0.2) is 22.7 Å². The zero-order chi connectivity index (χ0) is 15.0. The van der Waals surface area contributed by atoms with Gasteiger partial charge in [0, 0.05) is 19.3 Å². The van der Waals surface area contributed by atoms with E-state index in [1.807, 2.05) is 0 Å². The van der Waals surface area contributed by atoms with Crippen molar-refractivity contribution in [2.75, 3.05) is 4.90 Å². The summed E-state index contributed by atoms with van der Waals surface area (Å²) >= 11 is 0. The topological polar surface area (TPSA) is 74.7 Å². The molecular weight excluding hydrogens is 270 g/mol. The van der Waals surface area contributed by atoms with Gasteiger partial charge in [0.2, 0.25) is 5.91 Å². The number of carbonyl (C=O) groups is 3. The minimum absolute atomic E-state index is 0.00665. The van der Waals surface area contributed by atoms with Gasteiger partial charge in [-0.3, -0.25) is 14.4 Å². The predicted octanol–water partition coefficient (Wildman–Crippen LogP) is 2.13. The first-order valence-electron chi connectivity index (χ1n) is 6.96. The molecule has 2 aliphatic rings. The van der Waals surface area contributed by atoms with Gasteiger partial charge >= 0.3 is 0 Å². The number of ketones is 1. The summed E-state index contributed by atoms with van der Waals surface area (Å²) in [6.07, 6.45) is 1.10. The van der Waals surface area contributed by atoms with E-state index in [-0.39, 0.29) is 30.0 Å². The molecule has 21 heavy (non-hydrogen) atoms. The lowest BCUT2D eigenvalue weighted by molar-refractivity contribution is -0.126. The minimum Gasteiger partial charge on any atom is -0.512 e. The number of allylic oxidation sites excluding steroid dienone is 1. The van der Waals surface area contributed by atoms with Gasteiger partial charge in [-0.1, -0.05) is 18.2 Å². The molecule has 108 valence electrons. The number of nitrogens with zero attached hydrogens (tertiary/aromatic N) is 1. The SMILES string of the molecule is O=C1CCC/C(O)=C2/C(=O)N(c3ccccc3)C(=O)C2C1. The molecule has 0 aromatic heterocycles. The number of hydrogen-bond acceptors (Lipinski definition) is 4. The standard InChI is InChI=1S/C16H15NO4/c18-11-7-4-8-13(19)14-12(9-11)15(20)17(16(14)21)10-5-2-1-3-6-10/h1-3,5-6,12,19H,4,7-9H2/b14-13-. The Morgan fingerprint density at radius 1 is 1.05 bits per heavy atom. The normalized spacial score (nSPS) is 26.6. The summed E-state index contributed by atoms with van der Waals surface area (Å²) < 4.78 is 0. The van der Waals surface area contributed by atoms with Crippen molar-refractivity contribution in [2.45, 2.75) is 25.7 Å². The van der Waals surface area contributed by atoms with Crippen LogP contribution in [0.5, 0.6) is 0 Å². The van der Waals surface area contributed by atoms with Crippen LogP contribution >= 0.6 is 0 Å². The number of hydrogen-bond donors (Lipinski definition) is 1. The van der Waals surface area contributed by atoms with Crippen molar-refractivity contribution in [1.29, 1.82) is 0 Å². The molecule has 1 atom stereocenters. The fourth-order valence-corrected chi connectivity index (χ4v) is 2.90. The van der Waals surface area contributed by atoms with Crippen LogP contribution in [0.15, 0.2) is 41.7 Å². The van der Waals surface area contributed by atoms with E-state index in [4.69, 9.17) is 0 Å². The molecule has 5 nitrogen and oxygen atoms in total. The molecule has 0 saturated carbocycles. The number of Topliss-reactive ketones (excluding diaryl/α,β-unsaturated/α-hetero) is 1. The van der Waals surface area contributed by atoms with E-state index in [1.54, 1.807) is 30.3 Å². The number of amides is 2. The smallest absolute Gasteiger partial charge is 0.265 e. The van der Waals surface area contributed by atoms with E-state index in [1.165, 1.54) is 0 Å². The second-order valence-electron chi connectivity index (χ2n) is 5.32. The molecule has 1 fully saturated rings. The van der Waals surface area contributed by atoms with E-state index in [0.29, 0.717) is 18.5 Å². The van der Waals surface area contributed by atoms with E-state index in [0.717, 1.165) is 4.90 Å². The van der Waals surface area contributed by atoms with Crippen molar-refractivity contribution in [3.8, 4) is 0 Å². The van der Waals surface area contributed by atoms with Gasteiger partial charge in [-0.15, -0.1) is 0 Å². The number of aliphatic hydroxyl groups excluding tert-OH is 1. The maximum atomic E-state index is 12.5. The van der Waals surface area contributed by atoms with Gasteiger partial charge < -0.3 is 5.11 Å². The molecule has 3 rings (SSSR count). The van der Waals surface area contributed by atoms with Crippen LogP contribution in [0.4, 0.5) is 5.69 Å². The van der Waals surface area contributed by atoms with Crippen LogP contribution in [-0.2, 0) is 14.4 Å². The van der Waals surface area contributed by atoms with Gasteiger partial charge in [-0.05, 0) is 18.6 Å². The van der Waals surface area contributed by atoms with E-state index in [9.17, 15) is 19.5 Å². The minimum atomic E-state index is -0.842. The lowest BCUT2D eigenvalue weighted by atomic mass is 9.89. The quantitative estimate of drug-likeness (QED) is 0.802. The molecule has 1 aliphatic heterocycles. The summed E-state index contributed by atoms with van der Waals surface area (Å²) in [5, 5.41) is 10.1. The maximum Gasteiger partial charge on any atom is 0.265 e. The highest BCUT2D eigenvalue weighted by Crippen LogP contribution is 2.36. The number of carbonyl (C=O) groups excluding carboxylic acids is 3. The van der Waals surface area contributed by atoms with E-state index in [2.05, 4.69) is 0 Å². The van der Waals surface area contributed by atoms with E-state index < -0.39 is 17.7 Å². The van der Waals surface area contributed by atoms with Crippen molar-refractivity contribution in [1.82, 2.24) is 0 Å². The number of aliphatic hydroxyl groups is 1. The first kappa shape index (κ1) is 13.5. The third-order valence-electron chi connectivity index (χ3n) is 3.93. The summed E-state index contributed by atoms with van der Waals surface area (Å²) in [5.74, 6) is -1.87. The second-order valence-corrected chi connectivity index (χ2v) is 5.32. The van der Waals surface area contributed by atoms with Crippen LogP contribution in [0.3, 0.4) is 0 Å². The molecular formula is C16H15NO4. The zero-order valence-electron chi connectivity index (χ0n) is 11.4. The maximum absolute atomic E-state index is 12.5. The largest absolute Gasteiger partial charge is 0.512 e. The monoisotopic (exact) mass is 285 g/mol. The first-order chi connectivity index (χ1) is 10.1. The fraction of sp³-hybridized carbons (Fsp3) is 0.312. The molecule has 5 heteroatoms. The molecule has 1 N–H and O–H groups in total. The van der Waals surface area contributed by atoms with Crippen LogP contribution in [0.2, 0.25) is 0 Å². The van der Waals surface area contributed by atoms with Gasteiger partial charge in [0.05, 0.1) is 17.2 Å².